The summed E-state index contributed by atoms with van der Waals surface area (Å²) in [5.74, 6) is -0.955. The Morgan fingerprint density at radius 1 is 1.17 bits per heavy atom. The van der Waals surface area contributed by atoms with E-state index in [2.05, 4.69) is 12.2 Å². The molecule has 0 spiro atoms. The molecule has 5 nitrogen and oxygen atoms in total. The topological polar surface area (TPSA) is 69.6 Å². The number of urea groups is 1. The average Bonchev–Trinajstić information content (AvgIpc) is 2.34. The summed E-state index contributed by atoms with van der Waals surface area (Å²) in [6.45, 7) is 7.25. The molecule has 0 saturated carbocycles. The minimum absolute atomic E-state index is 0.269. The molecule has 1 atom stereocenters. The van der Waals surface area contributed by atoms with Crippen molar-refractivity contribution in [2.45, 2.75) is 58.9 Å². The van der Waals surface area contributed by atoms with Gasteiger partial charge in [0.2, 0.25) is 0 Å². The Hall–Kier alpha value is -1.26. The number of aliphatic carboxylic acids is 1. The Morgan fingerprint density at radius 3 is 2.22 bits per heavy atom. The van der Waals surface area contributed by atoms with Gasteiger partial charge in [-0.25, -0.2) is 9.59 Å². The lowest BCUT2D eigenvalue weighted by atomic mass is 10.1. The Balaban J connectivity index is 4.32. The third kappa shape index (κ3) is 6.47. The molecule has 0 bridgehead atoms. The highest BCUT2D eigenvalue weighted by atomic mass is 16.4. The lowest BCUT2D eigenvalue weighted by molar-refractivity contribution is -0.139. The lowest BCUT2D eigenvalue weighted by Gasteiger charge is -2.23. The van der Waals surface area contributed by atoms with E-state index in [0.717, 1.165) is 25.7 Å². The first-order valence-electron chi connectivity index (χ1n) is 6.84. The maximum atomic E-state index is 11.9. The van der Waals surface area contributed by atoms with Gasteiger partial charge in [0.05, 0.1) is 0 Å². The molecule has 0 radical (unpaired) electrons. The van der Waals surface area contributed by atoms with E-state index < -0.39 is 12.0 Å². The fraction of sp³-hybridized carbons (Fsp3) is 0.846. The number of carbonyl (C=O) groups is 2. The van der Waals surface area contributed by atoms with Gasteiger partial charge < -0.3 is 15.3 Å². The molecule has 2 N–H and O–H groups in total. The zero-order chi connectivity index (χ0) is 14.0. The van der Waals surface area contributed by atoms with Gasteiger partial charge in [-0.15, -0.1) is 0 Å². The minimum Gasteiger partial charge on any atom is -0.480 e. The third-order valence-corrected chi connectivity index (χ3v) is 2.89. The quantitative estimate of drug-likeness (QED) is 0.667. The summed E-state index contributed by atoms with van der Waals surface area (Å²) in [5, 5.41) is 11.6. The fourth-order valence-electron chi connectivity index (χ4n) is 1.66. The summed E-state index contributed by atoms with van der Waals surface area (Å²) in [6.07, 6.45) is 4.17. The van der Waals surface area contributed by atoms with Gasteiger partial charge in [0, 0.05) is 13.1 Å². The van der Waals surface area contributed by atoms with Crippen LogP contribution in [0.3, 0.4) is 0 Å². The van der Waals surface area contributed by atoms with Crippen molar-refractivity contribution in [2.75, 3.05) is 13.1 Å². The molecule has 0 heterocycles. The second-order valence-electron chi connectivity index (χ2n) is 4.42. The van der Waals surface area contributed by atoms with Crippen molar-refractivity contribution in [3.05, 3.63) is 0 Å². The van der Waals surface area contributed by atoms with Gasteiger partial charge in [-0.05, 0) is 19.8 Å². The average molecular weight is 258 g/mol. The zero-order valence-electron chi connectivity index (χ0n) is 11.7. The van der Waals surface area contributed by atoms with Crippen molar-refractivity contribution in [3.8, 4) is 0 Å². The van der Waals surface area contributed by atoms with Gasteiger partial charge in [0.1, 0.15) is 6.04 Å². The number of nitrogens with one attached hydrogen (secondary N) is 1. The van der Waals surface area contributed by atoms with Crippen LogP contribution in [0.1, 0.15) is 52.9 Å². The van der Waals surface area contributed by atoms with Crippen molar-refractivity contribution < 1.29 is 14.7 Å². The minimum atomic E-state index is -0.955. The molecular formula is C13H26N2O3. The van der Waals surface area contributed by atoms with E-state index in [1.165, 1.54) is 0 Å². The number of unbranched alkanes of at least 4 members (excludes halogenated alkanes) is 2. The highest BCUT2D eigenvalue weighted by molar-refractivity contribution is 5.82. The van der Waals surface area contributed by atoms with Crippen LogP contribution in [-0.2, 0) is 4.79 Å². The van der Waals surface area contributed by atoms with E-state index in [9.17, 15) is 9.59 Å². The van der Waals surface area contributed by atoms with E-state index in [4.69, 9.17) is 5.11 Å². The predicted molar refractivity (Wildman–Crippen MR) is 71.6 cm³/mol. The fourth-order valence-corrected chi connectivity index (χ4v) is 1.66. The van der Waals surface area contributed by atoms with Crippen LogP contribution in [0, 0.1) is 0 Å². The molecule has 0 aromatic rings. The number of nitrogens with zero attached hydrogens (tertiary/aromatic N) is 1. The maximum absolute atomic E-state index is 11.9. The van der Waals surface area contributed by atoms with E-state index in [-0.39, 0.29) is 6.03 Å². The van der Waals surface area contributed by atoms with Gasteiger partial charge in [0.25, 0.3) is 0 Å². The molecular weight excluding hydrogens is 232 g/mol. The summed E-state index contributed by atoms with van der Waals surface area (Å²) in [4.78, 5) is 24.6. The molecule has 0 fully saturated rings. The van der Waals surface area contributed by atoms with Gasteiger partial charge >= 0.3 is 12.0 Å². The molecule has 0 aliphatic rings. The molecule has 18 heavy (non-hydrogen) atoms. The van der Waals surface area contributed by atoms with Crippen LogP contribution in [0.4, 0.5) is 4.79 Å². The summed E-state index contributed by atoms with van der Waals surface area (Å²) >= 11 is 0. The molecule has 0 aliphatic heterocycles. The molecule has 106 valence electrons. The zero-order valence-corrected chi connectivity index (χ0v) is 11.7. The lowest BCUT2D eigenvalue weighted by Crippen LogP contribution is -2.48. The molecule has 0 saturated heterocycles. The van der Waals surface area contributed by atoms with Gasteiger partial charge in [0.15, 0.2) is 0 Å². The standard InChI is InChI=1S/C13H26N2O3/c1-4-7-9-11(12(16)17)14-13(18)15(6-3)10-8-5-2/h11H,4-10H2,1-3H3,(H,14,18)(H,16,17). The maximum Gasteiger partial charge on any atom is 0.326 e. The first-order chi connectivity index (χ1) is 8.56. The largest absolute Gasteiger partial charge is 0.480 e. The number of hydrogen-bond donors (Lipinski definition) is 2. The Bertz CT molecular complexity index is 257. The van der Waals surface area contributed by atoms with Crippen molar-refractivity contribution in [1.82, 2.24) is 10.2 Å². The van der Waals surface area contributed by atoms with Crippen molar-refractivity contribution in [1.29, 1.82) is 0 Å². The second-order valence-corrected chi connectivity index (χ2v) is 4.42. The van der Waals surface area contributed by atoms with Crippen LogP contribution in [0.2, 0.25) is 0 Å². The van der Waals surface area contributed by atoms with Gasteiger partial charge in [-0.2, -0.15) is 0 Å². The summed E-state index contributed by atoms with van der Waals surface area (Å²) in [5.41, 5.74) is 0. The van der Waals surface area contributed by atoms with Crippen LogP contribution in [0.25, 0.3) is 0 Å². The molecule has 1 unspecified atom stereocenters. The third-order valence-electron chi connectivity index (χ3n) is 2.89. The molecule has 0 aliphatic carbocycles. The number of carbonyl (C=O) groups excluding carboxylic acids is 1. The van der Waals surface area contributed by atoms with E-state index >= 15 is 0 Å². The van der Waals surface area contributed by atoms with Crippen molar-refractivity contribution >= 4 is 12.0 Å². The molecule has 2 amide bonds. The number of amides is 2. The first-order valence-corrected chi connectivity index (χ1v) is 6.84. The van der Waals surface area contributed by atoms with E-state index in [1.807, 2.05) is 13.8 Å². The second kappa shape index (κ2) is 9.74. The Kier molecular flexibility index (Phi) is 9.06. The highest BCUT2D eigenvalue weighted by Gasteiger charge is 2.21. The predicted octanol–water partition coefficient (Wildman–Crippen LogP) is 2.46. The van der Waals surface area contributed by atoms with Crippen LogP contribution in [0.15, 0.2) is 0 Å². The molecule has 0 aromatic heterocycles. The number of rotatable bonds is 9. The van der Waals surface area contributed by atoms with Crippen molar-refractivity contribution in [3.63, 3.8) is 0 Å². The molecule has 0 aromatic carbocycles. The van der Waals surface area contributed by atoms with E-state index in [0.29, 0.717) is 19.5 Å². The Labute approximate surface area is 110 Å². The van der Waals surface area contributed by atoms with Crippen LogP contribution in [-0.4, -0.2) is 41.1 Å². The smallest absolute Gasteiger partial charge is 0.326 e. The number of carboxylic acids is 1. The van der Waals surface area contributed by atoms with Crippen molar-refractivity contribution in [2.24, 2.45) is 0 Å². The Morgan fingerprint density at radius 2 is 1.78 bits per heavy atom. The van der Waals surface area contributed by atoms with Crippen LogP contribution >= 0.6 is 0 Å². The monoisotopic (exact) mass is 258 g/mol. The number of hydrogen-bond acceptors (Lipinski definition) is 2. The summed E-state index contributed by atoms with van der Waals surface area (Å²) in [7, 11) is 0. The van der Waals surface area contributed by atoms with Crippen LogP contribution in [0.5, 0.6) is 0 Å². The van der Waals surface area contributed by atoms with Crippen LogP contribution < -0.4 is 5.32 Å². The summed E-state index contributed by atoms with van der Waals surface area (Å²) in [6, 6.07) is -1.04. The summed E-state index contributed by atoms with van der Waals surface area (Å²) < 4.78 is 0. The highest BCUT2D eigenvalue weighted by Crippen LogP contribution is 2.03. The van der Waals surface area contributed by atoms with E-state index in [1.54, 1.807) is 4.90 Å². The first kappa shape index (κ1) is 16.7. The number of carboxylic acid groups (broad SMARTS) is 1. The SMILES string of the molecule is CCCCC(NC(=O)N(CC)CCCC)C(=O)O. The van der Waals surface area contributed by atoms with Gasteiger partial charge in [-0.1, -0.05) is 33.1 Å². The van der Waals surface area contributed by atoms with Gasteiger partial charge in [-0.3, -0.25) is 0 Å². The molecule has 5 heteroatoms. The molecule has 0 rings (SSSR count). The normalized spacial score (nSPS) is 11.9.